The molecule has 12 heavy (non-hydrogen) atoms. The number of nitrogens with zero attached hydrogens (tertiary/aromatic N) is 1. The Hall–Kier alpha value is -0.770. The lowest BCUT2D eigenvalue weighted by atomic mass is 10.1. The van der Waals surface area contributed by atoms with Gasteiger partial charge in [-0.2, -0.15) is 0 Å². The van der Waals surface area contributed by atoms with Crippen LogP contribution in [0.1, 0.15) is 19.3 Å². The number of carbonyl (C=O) groups excluding carboxylic acids is 1. The molecule has 0 spiro atoms. The average Bonchev–Trinajstić information content (AvgIpc) is 2.16. The standard InChI is InChI=1S/C8H15NO3/c1-11-7-5-3-4-6-9(7)8(10)12-2/h7H,3-6H2,1-2H3. The highest BCUT2D eigenvalue weighted by Gasteiger charge is 2.26. The van der Waals surface area contributed by atoms with Crippen LogP contribution in [-0.2, 0) is 9.47 Å². The van der Waals surface area contributed by atoms with E-state index in [0.717, 1.165) is 25.8 Å². The second-order valence-corrected chi connectivity index (χ2v) is 2.85. The molecule has 1 aliphatic heterocycles. The summed E-state index contributed by atoms with van der Waals surface area (Å²) in [6.07, 6.45) is 2.68. The maximum absolute atomic E-state index is 11.2. The number of carbonyl (C=O) groups is 1. The molecule has 1 amide bonds. The Balaban J connectivity index is 2.52. The minimum absolute atomic E-state index is 0.0915. The Kier molecular flexibility index (Phi) is 3.34. The number of hydrogen-bond donors (Lipinski definition) is 0. The number of methoxy groups -OCH3 is 2. The van der Waals surface area contributed by atoms with E-state index in [2.05, 4.69) is 4.74 Å². The van der Waals surface area contributed by atoms with Gasteiger partial charge in [-0.25, -0.2) is 4.79 Å². The SMILES string of the molecule is COC(=O)N1CCCCC1OC. The summed E-state index contributed by atoms with van der Waals surface area (Å²) in [4.78, 5) is 12.8. The van der Waals surface area contributed by atoms with Crippen LogP contribution >= 0.6 is 0 Å². The predicted molar refractivity (Wildman–Crippen MR) is 43.8 cm³/mol. The molecule has 1 aliphatic rings. The molecule has 0 aliphatic carbocycles. The third kappa shape index (κ3) is 1.88. The molecule has 1 rings (SSSR count). The van der Waals surface area contributed by atoms with Crippen molar-refractivity contribution in [3.63, 3.8) is 0 Å². The zero-order chi connectivity index (χ0) is 8.97. The van der Waals surface area contributed by atoms with Crippen molar-refractivity contribution in [1.82, 2.24) is 4.90 Å². The van der Waals surface area contributed by atoms with E-state index in [4.69, 9.17) is 4.74 Å². The van der Waals surface area contributed by atoms with E-state index in [1.807, 2.05) is 0 Å². The second kappa shape index (κ2) is 4.30. The number of hydrogen-bond acceptors (Lipinski definition) is 3. The lowest BCUT2D eigenvalue weighted by Crippen LogP contribution is -2.44. The second-order valence-electron chi connectivity index (χ2n) is 2.85. The van der Waals surface area contributed by atoms with E-state index >= 15 is 0 Å². The van der Waals surface area contributed by atoms with Crippen LogP contribution in [0.5, 0.6) is 0 Å². The monoisotopic (exact) mass is 173 g/mol. The van der Waals surface area contributed by atoms with Crippen molar-refractivity contribution < 1.29 is 14.3 Å². The molecule has 0 aromatic carbocycles. The first kappa shape index (κ1) is 9.32. The van der Waals surface area contributed by atoms with Gasteiger partial charge in [-0.1, -0.05) is 0 Å². The summed E-state index contributed by atoms with van der Waals surface area (Å²) in [5.74, 6) is 0. The molecule has 1 unspecified atom stereocenters. The molecule has 0 bridgehead atoms. The summed E-state index contributed by atoms with van der Waals surface area (Å²) in [5, 5.41) is 0. The zero-order valence-electron chi connectivity index (χ0n) is 7.58. The van der Waals surface area contributed by atoms with Crippen LogP contribution in [0.15, 0.2) is 0 Å². The van der Waals surface area contributed by atoms with E-state index in [1.54, 1.807) is 12.0 Å². The maximum atomic E-state index is 11.2. The van der Waals surface area contributed by atoms with Crippen molar-refractivity contribution in [1.29, 1.82) is 0 Å². The lowest BCUT2D eigenvalue weighted by Gasteiger charge is -2.33. The third-order valence-corrected chi connectivity index (χ3v) is 2.13. The first-order valence-corrected chi connectivity index (χ1v) is 4.17. The van der Waals surface area contributed by atoms with E-state index in [9.17, 15) is 4.79 Å². The van der Waals surface area contributed by atoms with Gasteiger partial charge in [-0.15, -0.1) is 0 Å². The van der Waals surface area contributed by atoms with Crippen molar-refractivity contribution in [3.8, 4) is 0 Å². The summed E-state index contributed by atoms with van der Waals surface area (Å²) in [7, 11) is 3.01. The molecule has 1 fully saturated rings. The molecule has 0 saturated carbocycles. The van der Waals surface area contributed by atoms with Gasteiger partial charge in [0, 0.05) is 13.7 Å². The molecule has 0 aromatic heterocycles. The topological polar surface area (TPSA) is 38.8 Å². The quantitative estimate of drug-likeness (QED) is 0.598. The van der Waals surface area contributed by atoms with Crippen molar-refractivity contribution in [2.24, 2.45) is 0 Å². The van der Waals surface area contributed by atoms with E-state index in [-0.39, 0.29) is 12.3 Å². The number of rotatable bonds is 1. The van der Waals surface area contributed by atoms with Crippen molar-refractivity contribution >= 4 is 6.09 Å². The van der Waals surface area contributed by atoms with Gasteiger partial charge in [-0.3, -0.25) is 4.90 Å². The molecule has 0 radical (unpaired) electrons. The maximum Gasteiger partial charge on any atom is 0.411 e. The Morgan fingerprint density at radius 1 is 1.42 bits per heavy atom. The summed E-state index contributed by atoms with van der Waals surface area (Å²) in [5.41, 5.74) is 0. The summed E-state index contributed by atoms with van der Waals surface area (Å²) >= 11 is 0. The highest BCUT2D eigenvalue weighted by molar-refractivity contribution is 5.67. The largest absolute Gasteiger partial charge is 0.453 e. The van der Waals surface area contributed by atoms with E-state index in [1.165, 1.54) is 7.11 Å². The van der Waals surface area contributed by atoms with Crippen LogP contribution in [0, 0.1) is 0 Å². The number of ether oxygens (including phenoxy) is 2. The molecule has 0 N–H and O–H groups in total. The summed E-state index contributed by atoms with van der Waals surface area (Å²) in [6.45, 7) is 0.741. The van der Waals surface area contributed by atoms with Gasteiger partial charge in [0.25, 0.3) is 0 Å². The molecule has 1 heterocycles. The Morgan fingerprint density at radius 3 is 2.75 bits per heavy atom. The molecule has 1 saturated heterocycles. The Bertz CT molecular complexity index is 160. The predicted octanol–water partition coefficient (Wildman–Crippen LogP) is 1.21. The first-order chi connectivity index (χ1) is 5.79. The lowest BCUT2D eigenvalue weighted by molar-refractivity contribution is -0.0454. The Morgan fingerprint density at radius 2 is 2.17 bits per heavy atom. The van der Waals surface area contributed by atoms with Crippen LogP contribution in [0.4, 0.5) is 4.79 Å². The molecule has 70 valence electrons. The highest BCUT2D eigenvalue weighted by atomic mass is 16.6. The molecular weight excluding hydrogens is 158 g/mol. The molecule has 1 atom stereocenters. The smallest absolute Gasteiger partial charge is 0.411 e. The van der Waals surface area contributed by atoms with Crippen LogP contribution < -0.4 is 0 Å². The minimum Gasteiger partial charge on any atom is -0.453 e. The van der Waals surface area contributed by atoms with Crippen LogP contribution in [0.3, 0.4) is 0 Å². The summed E-state index contributed by atoms with van der Waals surface area (Å²) < 4.78 is 9.78. The van der Waals surface area contributed by atoms with Crippen LogP contribution in [0.25, 0.3) is 0 Å². The number of piperidine rings is 1. The number of amides is 1. The fourth-order valence-corrected chi connectivity index (χ4v) is 1.47. The van der Waals surface area contributed by atoms with Gasteiger partial charge in [0.15, 0.2) is 0 Å². The highest BCUT2D eigenvalue weighted by Crippen LogP contribution is 2.17. The molecule has 0 aromatic rings. The van der Waals surface area contributed by atoms with Crippen molar-refractivity contribution in [3.05, 3.63) is 0 Å². The van der Waals surface area contributed by atoms with E-state index < -0.39 is 0 Å². The van der Waals surface area contributed by atoms with Crippen LogP contribution in [0.2, 0.25) is 0 Å². The fourth-order valence-electron chi connectivity index (χ4n) is 1.47. The van der Waals surface area contributed by atoms with Gasteiger partial charge in [0.1, 0.15) is 6.23 Å². The molecular formula is C8H15NO3. The molecule has 4 heteroatoms. The Labute approximate surface area is 72.4 Å². The third-order valence-electron chi connectivity index (χ3n) is 2.13. The average molecular weight is 173 g/mol. The molecule has 4 nitrogen and oxygen atoms in total. The van der Waals surface area contributed by atoms with Crippen molar-refractivity contribution in [2.75, 3.05) is 20.8 Å². The van der Waals surface area contributed by atoms with Crippen LogP contribution in [-0.4, -0.2) is 38.0 Å². The zero-order valence-corrected chi connectivity index (χ0v) is 7.58. The van der Waals surface area contributed by atoms with Gasteiger partial charge >= 0.3 is 6.09 Å². The fraction of sp³-hybridized carbons (Fsp3) is 0.875. The summed E-state index contributed by atoms with van der Waals surface area (Å²) in [6, 6.07) is 0. The van der Waals surface area contributed by atoms with Gasteiger partial charge in [-0.05, 0) is 19.3 Å². The van der Waals surface area contributed by atoms with Gasteiger partial charge in [0.05, 0.1) is 7.11 Å². The van der Waals surface area contributed by atoms with Gasteiger partial charge in [0.2, 0.25) is 0 Å². The first-order valence-electron chi connectivity index (χ1n) is 4.17. The van der Waals surface area contributed by atoms with Crippen molar-refractivity contribution in [2.45, 2.75) is 25.5 Å². The normalized spacial score (nSPS) is 23.8. The number of likely N-dealkylation sites (tertiary alicyclic amines) is 1. The van der Waals surface area contributed by atoms with Gasteiger partial charge < -0.3 is 9.47 Å². The van der Waals surface area contributed by atoms with E-state index in [0.29, 0.717) is 0 Å². The minimum atomic E-state index is -0.290.